The lowest BCUT2D eigenvalue weighted by atomic mass is 10.0. The Morgan fingerprint density at radius 3 is 2.07 bits per heavy atom. The zero-order valence-corrected chi connectivity index (χ0v) is 25.2. The van der Waals surface area contributed by atoms with Gasteiger partial charge in [0.25, 0.3) is 10.0 Å². The van der Waals surface area contributed by atoms with E-state index in [1.54, 1.807) is 26.0 Å². The lowest BCUT2D eigenvalue weighted by Crippen LogP contribution is -2.22. The molecule has 1 unspecified atom stereocenters. The van der Waals surface area contributed by atoms with Crippen molar-refractivity contribution >= 4 is 49.8 Å². The maximum absolute atomic E-state index is 13.0. The number of amides is 1. The number of benzene rings is 3. The summed E-state index contributed by atoms with van der Waals surface area (Å²) in [5, 5.41) is 11.5. The molecular weight excluding hydrogens is 577 g/mol. The quantitative estimate of drug-likeness (QED) is 0.165. The van der Waals surface area contributed by atoms with Crippen LogP contribution < -0.4 is 10.0 Å². The summed E-state index contributed by atoms with van der Waals surface area (Å²) in [5.41, 5.74) is 6.50. The lowest BCUT2D eigenvalue weighted by Gasteiger charge is -2.11. The summed E-state index contributed by atoms with van der Waals surface area (Å²) < 4.78 is 27.7. The number of aromatic amines is 1. The summed E-state index contributed by atoms with van der Waals surface area (Å²) in [6.07, 6.45) is 0. The molecule has 9 nitrogen and oxygen atoms in total. The molecule has 0 aliphatic carbocycles. The Labute approximate surface area is 246 Å². The number of aryl methyl sites for hydroxylation is 3. The van der Waals surface area contributed by atoms with Crippen LogP contribution in [0.25, 0.3) is 22.5 Å². The van der Waals surface area contributed by atoms with Gasteiger partial charge in [0, 0.05) is 16.8 Å². The molecule has 3 N–H and O–H groups in total. The predicted octanol–water partition coefficient (Wildman–Crippen LogP) is 6.44. The average molecular weight is 605 g/mol. The summed E-state index contributed by atoms with van der Waals surface area (Å²) in [4.78, 5) is 21.4. The molecule has 5 rings (SSSR count). The summed E-state index contributed by atoms with van der Waals surface area (Å²) >= 11 is 2.46. The van der Waals surface area contributed by atoms with Crippen molar-refractivity contribution in [3.8, 4) is 22.5 Å². The number of rotatable bonds is 9. The topological polar surface area (TPSA) is 130 Å². The Bertz CT molecular complexity index is 1720. The van der Waals surface area contributed by atoms with Crippen LogP contribution in [-0.2, 0) is 14.8 Å². The first-order chi connectivity index (χ1) is 19.6. The van der Waals surface area contributed by atoms with Gasteiger partial charge in [0.2, 0.25) is 11.0 Å². The van der Waals surface area contributed by atoms with Gasteiger partial charge in [0.05, 0.1) is 21.5 Å². The van der Waals surface area contributed by atoms with Crippen molar-refractivity contribution in [2.24, 2.45) is 0 Å². The summed E-state index contributed by atoms with van der Waals surface area (Å²) in [6, 6.07) is 22.4. The van der Waals surface area contributed by atoms with Gasteiger partial charge in [-0.1, -0.05) is 82.8 Å². The van der Waals surface area contributed by atoms with Gasteiger partial charge >= 0.3 is 0 Å². The molecular formula is C29H28N6O3S3. The number of nitrogens with one attached hydrogen (secondary N) is 3. The second-order valence-corrected chi connectivity index (χ2v) is 13.7. The van der Waals surface area contributed by atoms with Crippen LogP contribution in [0.2, 0.25) is 0 Å². The molecule has 0 spiro atoms. The van der Waals surface area contributed by atoms with Crippen molar-refractivity contribution < 1.29 is 13.2 Å². The van der Waals surface area contributed by atoms with Crippen molar-refractivity contribution in [1.82, 2.24) is 20.2 Å². The number of anilines is 2. The molecule has 0 aliphatic rings. The molecule has 0 aliphatic heterocycles. The van der Waals surface area contributed by atoms with Gasteiger partial charge in [-0.2, -0.15) is 0 Å². The number of aromatic nitrogens is 4. The number of sulfonamides is 1. The first-order valence-electron chi connectivity index (χ1n) is 12.7. The van der Waals surface area contributed by atoms with Gasteiger partial charge in [-0.05, 0) is 52.0 Å². The zero-order chi connectivity index (χ0) is 29.1. The fraction of sp³-hybridized carbons (Fsp3) is 0.172. The number of carbonyl (C=O) groups is 1. The van der Waals surface area contributed by atoms with E-state index in [9.17, 15) is 13.2 Å². The van der Waals surface area contributed by atoms with E-state index in [0.717, 1.165) is 39.4 Å². The SMILES string of the molecule is Cc1ccc(-c2nc(SC(C)C(=O)Nc3ccc(S(=O)(=O)Nc4nnc(C)s4)cc3)[nH]c2-c2ccc(C)cc2)cc1. The van der Waals surface area contributed by atoms with Gasteiger partial charge in [-0.25, -0.2) is 13.4 Å². The van der Waals surface area contributed by atoms with Crippen molar-refractivity contribution in [2.45, 2.75) is 43.0 Å². The number of nitrogens with zero attached hydrogens (tertiary/aromatic N) is 3. The third kappa shape index (κ3) is 6.84. The van der Waals surface area contributed by atoms with Crippen molar-refractivity contribution in [2.75, 3.05) is 10.0 Å². The van der Waals surface area contributed by atoms with Crippen LogP contribution in [0.4, 0.5) is 10.8 Å². The van der Waals surface area contributed by atoms with E-state index in [4.69, 9.17) is 4.98 Å². The molecule has 41 heavy (non-hydrogen) atoms. The molecule has 5 aromatic rings. The van der Waals surface area contributed by atoms with Crippen molar-refractivity contribution in [1.29, 1.82) is 0 Å². The first kappa shape index (κ1) is 28.5. The molecule has 210 valence electrons. The summed E-state index contributed by atoms with van der Waals surface area (Å²) in [7, 11) is -3.83. The number of hydrogen-bond acceptors (Lipinski definition) is 8. The minimum Gasteiger partial charge on any atom is -0.332 e. The molecule has 0 bridgehead atoms. The highest BCUT2D eigenvalue weighted by Gasteiger charge is 2.21. The molecule has 2 heterocycles. The van der Waals surface area contributed by atoms with E-state index < -0.39 is 15.3 Å². The standard InChI is InChI=1S/C29H28N6O3S3/c1-17-5-9-21(10-6-17)25-26(22-11-7-18(2)8-12-22)32-28(31-25)39-19(3)27(36)30-23-13-15-24(16-14-23)41(37,38)35-29-34-33-20(4)40-29/h5-16,19H,1-4H3,(H,30,36)(H,31,32)(H,34,35). The highest BCUT2D eigenvalue weighted by Crippen LogP contribution is 2.34. The number of imidazole rings is 1. The van der Waals surface area contributed by atoms with Gasteiger partial charge in [0.15, 0.2) is 5.16 Å². The van der Waals surface area contributed by atoms with Gasteiger partial charge in [-0.3, -0.25) is 9.52 Å². The van der Waals surface area contributed by atoms with E-state index in [1.807, 2.05) is 26.0 Å². The Morgan fingerprint density at radius 2 is 1.49 bits per heavy atom. The minimum absolute atomic E-state index is 0.0497. The molecule has 1 amide bonds. The highest BCUT2D eigenvalue weighted by atomic mass is 32.2. The van der Waals surface area contributed by atoms with Gasteiger partial charge in [0.1, 0.15) is 5.01 Å². The maximum atomic E-state index is 13.0. The lowest BCUT2D eigenvalue weighted by molar-refractivity contribution is -0.115. The molecule has 3 aromatic carbocycles. The summed E-state index contributed by atoms with van der Waals surface area (Å²) in [5.74, 6) is -0.238. The van der Waals surface area contributed by atoms with E-state index in [-0.39, 0.29) is 15.9 Å². The number of thioether (sulfide) groups is 1. The van der Waals surface area contributed by atoms with Crippen LogP contribution in [-0.4, -0.2) is 39.7 Å². The Kier molecular flexibility index (Phi) is 8.25. The van der Waals surface area contributed by atoms with Crippen LogP contribution in [0.15, 0.2) is 82.8 Å². The number of carbonyl (C=O) groups excluding carboxylic acids is 1. The second-order valence-electron chi connectivity index (χ2n) is 9.50. The molecule has 0 radical (unpaired) electrons. The Hall–Kier alpha value is -4.00. The smallest absolute Gasteiger partial charge is 0.263 e. The van der Waals surface area contributed by atoms with E-state index >= 15 is 0 Å². The monoisotopic (exact) mass is 604 g/mol. The van der Waals surface area contributed by atoms with E-state index in [1.165, 1.54) is 29.5 Å². The predicted molar refractivity (Wildman–Crippen MR) is 165 cm³/mol. The molecule has 12 heteroatoms. The number of hydrogen-bond donors (Lipinski definition) is 3. The number of H-pyrrole nitrogens is 1. The fourth-order valence-corrected chi connectivity index (χ4v) is 6.58. The van der Waals surface area contributed by atoms with Gasteiger partial charge < -0.3 is 10.3 Å². The van der Waals surface area contributed by atoms with E-state index in [2.05, 4.69) is 61.6 Å². The molecule has 0 fully saturated rings. The van der Waals surface area contributed by atoms with Crippen molar-refractivity contribution in [3.63, 3.8) is 0 Å². The van der Waals surface area contributed by atoms with Crippen LogP contribution in [0.3, 0.4) is 0 Å². The first-order valence-corrected chi connectivity index (χ1v) is 15.9. The molecule has 2 aromatic heterocycles. The normalized spacial score (nSPS) is 12.2. The average Bonchev–Trinajstić information content (AvgIpc) is 3.55. The molecule has 1 atom stereocenters. The largest absolute Gasteiger partial charge is 0.332 e. The molecule has 0 saturated carbocycles. The fourth-order valence-electron chi connectivity index (χ4n) is 3.95. The van der Waals surface area contributed by atoms with Crippen LogP contribution in [0.1, 0.15) is 23.1 Å². The third-order valence-corrected chi connectivity index (χ3v) is 9.41. The zero-order valence-electron chi connectivity index (χ0n) is 22.8. The Morgan fingerprint density at radius 1 is 0.878 bits per heavy atom. The second kappa shape index (κ2) is 11.9. The van der Waals surface area contributed by atoms with Crippen LogP contribution >= 0.6 is 23.1 Å². The highest BCUT2D eigenvalue weighted by molar-refractivity contribution is 8.00. The Balaban J connectivity index is 1.29. The molecule has 0 saturated heterocycles. The maximum Gasteiger partial charge on any atom is 0.263 e. The van der Waals surface area contributed by atoms with E-state index in [0.29, 0.717) is 15.9 Å². The van der Waals surface area contributed by atoms with Gasteiger partial charge in [-0.15, -0.1) is 10.2 Å². The van der Waals surface area contributed by atoms with Crippen molar-refractivity contribution in [3.05, 3.63) is 88.9 Å². The summed E-state index contributed by atoms with van der Waals surface area (Å²) in [6.45, 7) is 7.63. The third-order valence-electron chi connectivity index (χ3n) is 6.18. The van der Waals surface area contributed by atoms with Crippen LogP contribution in [0.5, 0.6) is 0 Å². The van der Waals surface area contributed by atoms with Crippen LogP contribution in [0, 0.1) is 20.8 Å². The minimum atomic E-state index is -3.83.